The van der Waals surface area contributed by atoms with Gasteiger partial charge in [0.25, 0.3) is 5.91 Å². The highest BCUT2D eigenvalue weighted by molar-refractivity contribution is 7.14. The number of aromatic nitrogens is 2. The molecular formula is C17H17N3O2S. The number of carbonyl (C=O) groups is 1. The fraction of sp³-hybridized carbons (Fsp3) is 0.235. The van der Waals surface area contributed by atoms with E-state index < -0.39 is 0 Å². The first kappa shape index (κ1) is 15.4. The molecule has 0 aliphatic rings. The molecule has 6 heteroatoms. The highest BCUT2D eigenvalue weighted by Crippen LogP contribution is 2.26. The van der Waals surface area contributed by atoms with Gasteiger partial charge in [-0.25, -0.2) is 4.98 Å². The van der Waals surface area contributed by atoms with Crippen LogP contribution in [0.3, 0.4) is 0 Å². The van der Waals surface area contributed by atoms with Gasteiger partial charge >= 0.3 is 0 Å². The molecule has 23 heavy (non-hydrogen) atoms. The number of anilines is 1. The molecule has 0 saturated heterocycles. The Labute approximate surface area is 138 Å². The van der Waals surface area contributed by atoms with Gasteiger partial charge in [0.2, 0.25) is 0 Å². The largest absolute Gasteiger partial charge is 0.361 e. The van der Waals surface area contributed by atoms with Crippen LogP contribution in [0.25, 0.3) is 11.3 Å². The Morgan fingerprint density at radius 3 is 2.70 bits per heavy atom. The van der Waals surface area contributed by atoms with Crippen molar-refractivity contribution in [2.24, 2.45) is 0 Å². The van der Waals surface area contributed by atoms with Crippen molar-refractivity contribution in [1.82, 2.24) is 10.1 Å². The summed E-state index contributed by atoms with van der Waals surface area (Å²) in [4.78, 5) is 16.9. The van der Waals surface area contributed by atoms with Gasteiger partial charge in [-0.2, -0.15) is 0 Å². The van der Waals surface area contributed by atoms with Gasteiger partial charge < -0.3 is 4.52 Å². The van der Waals surface area contributed by atoms with Gasteiger partial charge in [0.05, 0.1) is 11.4 Å². The fourth-order valence-corrected chi connectivity index (χ4v) is 3.01. The molecule has 0 bridgehead atoms. The minimum absolute atomic E-state index is 0.231. The number of aryl methyl sites for hydroxylation is 3. The predicted molar refractivity (Wildman–Crippen MR) is 90.9 cm³/mol. The second kappa shape index (κ2) is 6.34. The standard InChI is InChI=1S/C17H17N3O2S/c1-4-13-15(11(3)22-20-13)16(21)19-17-18-14(9-23-17)12-7-5-10(2)6-8-12/h5-9H,4H2,1-3H3,(H,18,19,21). The summed E-state index contributed by atoms with van der Waals surface area (Å²) in [6.45, 7) is 5.72. The predicted octanol–water partition coefficient (Wildman–Crippen LogP) is 4.23. The minimum atomic E-state index is -0.231. The summed E-state index contributed by atoms with van der Waals surface area (Å²) in [6, 6.07) is 8.13. The average molecular weight is 327 g/mol. The summed E-state index contributed by atoms with van der Waals surface area (Å²) < 4.78 is 5.10. The van der Waals surface area contributed by atoms with Crippen molar-refractivity contribution in [3.63, 3.8) is 0 Å². The maximum Gasteiger partial charge on any atom is 0.262 e. The number of hydrogen-bond donors (Lipinski definition) is 1. The molecule has 0 unspecified atom stereocenters. The quantitative estimate of drug-likeness (QED) is 0.778. The Morgan fingerprint density at radius 1 is 1.26 bits per heavy atom. The van der Waals surface area contributed by atoms with Gasteiger partial charge in [0.15, 0.2) is 5.13 Å². The molecule has 0 fully saturated rings. The second-order valence-electron chi connectivity index (χ2n) is 5.27. The van der Waals surface area contributed by atoms with Crippen molar-refractivity contribution in [2.75, 3.05) is 5.32 Å². The molecule has 118 valence electrons. The number of hydrogen-bond acceptors (Lipinski definition) is 5. The summed E-state index contributed by atoms with van der Waals surface area (Å²) in [5, 5.41) is 9.23. The van der Waals surface area contributed by atoms with E-state index in [2.05, 4.69) is 15.5 Å². The number of rotatable bonds is 4. The molecule has 0 aliphatic carbocycles. The van der Waals surface area contributed by atoms with Gasteiger partial charge in [0.1, 0.15) is 11.3 Å². The van der Waals surface area contributed by atoms with Crippen LogP contribution in [0.4, 0.5) is 5.13 Å². The van der Waals surface area contributed by atoms with Crippen molar-refractivity contribution in [1.29, 1.82) is 0 Å². The Morgan fingerprint density at radius 2 is 2.00 bits per heavy atom. The molecule has 2 heterocycles. The first-order valence-corrected chi connectivity index (χ1v) is 8.25. The molecule has 3 aromatic rings. The smallest absolute Gasteiger partial charge is 0.262 e. The Bertz CT molecular complexity index is 834. The molecule has 0 aliphatic heterocycles. The summed E-state index contributed by atoms with van der Waals surface area (Å²) in [5.41, 5.74) is 4.24. The third-order valence-corrected chi connectivity index (χ3v) is 4.33. The number of benzene rings is 1. The maximum atomic E-state index is 12.4. The summed E-state index contributed by atoms with van der Waals surface area (Å²) in [6.07, 6.45) is 0.645. The van der Waals surface area contributed by atoms with Crippen molar-refractivity contribution in [3.8, 4) is 11.3 Å². The molecule has 5 nitrogen and oxygen atoms in total. The highest BCUT2D eigenvalue weighted by atomic mass is 32.1. The molecule has 0 atom stereocenters. The summed E-state index contributed by atoms with van der Waals surface area (Å²) >= 11 is 1.40. The van der Waals surface area contributed by atoms with Crippen LogP contribution in [0, 0.1) is 13.8 Å². The Balaban J connectivity index is 1.80. The van der Waals surface area contributed by atoms with Crippen LogP contribution in [-0.2, 0) is 6.42 Å². The van der Waals surface area contributed by atoms with Crippen LogP contribution >= 0.6 is 11.3 Å². The van der Waals surface area contributed by atoms with Gasteiger partial charge in [0, 0.05) is 10.9 Å². The number of nitrogens with zero attached hydrogens (tertiary/aromatic N) is 2. The van der Waals surface area contributed by atoms with Crippen molar-refractivity contribution in [2.45, 2.75) is 27.2 Å². The fourth-order valence-electron chi connectivity index (χ4n) is 2.30. The van der Waals surface area contributed by atoms with Gasteiger partial charge in [-0.15, -0.1) is 11.3 Å². The lowest BCUT2D eigenvalue weighted by Gasteiger charge is -2.01. The number of nitrogens with one attached hydrogen (secondary N) is 1. The van der Waals surface area contributed by atoms with Crippen LogP contribution in [0.15, 0.2) is 34.2 Å². The average Bonchev–Trinajstić information content (AvgIpc) is 3.14. The lowest BCUT2D eigenvalue weighted by molar-refractivity contribution is 0.102. The minimum Gasteiger partial charge on any atom is -0.361 e. The normalized spacial score (nSPS) is 10.7. The van der Waals surface area contributed by atoms with E-state index in [9.17, 15) is 4.79 Å². The molecule has 0 radical (unpaired) electrons. The molecule has 1 amide bonds. The van der Waals surface area contributed by atoms with Crippen LogP contribution in [-0.4, -0.2) is 16.0 Å². The first-order valence-electron chi connectivity index (χ1n) is 7.37. The number of amides is 1. The zero-order valence-electron chi connectivity index (χ0n) is 13.2. The Kier molecular flexibility index (Phi) is 4.25. The molecule has 3 rings (SSSR count). The van der Waals surface area contributed by atoms with Gasteiger partial charge in [-0.3, -0.25) is 10.1 Å². The lowest BCUT2D eigenvalue weighted by atomic mass is 10.1. The third-order valence-electron chi connectivity index (χ3n) is 3.57. The van der Waals surface area contributed by atoms with Crippen LogP contribution in [0.2, 0.25) is 0 Å². The van der Waals surface area contributed by atoms with E-state index in [1.807, 2.05) is 43.5 Å². The summed E-state index contributed by atoms with van der Waals surface area (Å²) in [5.74, 6) is 0.292. The lowest BCUT2D eigenvalue weighted by Crippen LogP contribution is -2.14. The van der Waals surface area contributed by atoms with E-state index in [-0.39, 0.29) is 5.91 Å². The topological polar surface area (TPSA) is 68.0 Å². The van der Waals surface area contributed by atoms with E-state index >= 15 is 0 Å². The number of thiazole rings is 1. The molecule has 0 spiro atoms. The van der Waals surface area contributed by atoms with E-state index in [1.165, 1.54) is 16.9 Å². The van der Waals surface area contributed by atoms with Crippen molar-refractivity contribution < 1.29 is 9.32 Å². The van der Waals surface area contributed by atoms with E-state index in [0.717, 1.165) is 11.3 Å². The number of carbonyl (C=O) groups excluding carboxylic acids is 1. The molecule has 2 aromatic heterocycles. The Hall–Kier alpha value is -2.47. The zero-order valence-corrected chi connectivity index (χ0v) is 14.0. The second-order valence-corrected chi connectivity index (χ2v) is 6.13. The van der Waals surface area contributed by atoms with Crippen LogP contribution < -0.4 is 5.32 Å². The highest BCUT2D eigenvalue weighted by Gasteiger charge is 2.20. The first-order chi connectivity index (χ1) is 11.1. The van der Waals surface area contributed by atoms with E-state index in [1.54, 1.807) is 6.92 Å². The summed E-state index contributed by atoms with van der Waals surface area (Å²) in [7, 11) is 0. The monoisotopic (exact) mass is 327 g/mol. The van der Waals surface area contributed by atoms with Crippen LogP contribution in [0.1, 0.15) is 34.3 Å². The molecule has 1 N–H and O–H groups in total. The third kappa shape index (κ3) is 3.17. The van der Waals surface area contributed by atoms with E-state index in [0.29, 0.717) is 28.6 Å². The maximum absolute atomic E-state index is 12.4. The molecular weight excluding hydrogens is 310 g/mol. The van der Waals surface area contributed by atoms with Gasteiger partial charge in [-0.05, 0) is 20.3 Å². The molecule has 1 aromatic carbocycles. The SMILES string of the molecule is CCc1noc(C)c1C(=O)Nc1nc(-c2ccc(C)cc2)cs1. The van der Waals surface area contributed by atoms with Crippen molar-refractivity contribution in [3.05, 3.63) is 52.2 Å². The van der Waals surface area contributed by atoms with Gasteiger partial charge in [-0.1, -0.05) is 41.9 Å². The molecule has 0 saturated carbocycles. The van der Waals surface area contributed by atoms with Crippen molar-refractivity contribution >= 4 is 22.4 Å². The van der Waals surface area contributed by atoms with Crippen LogP contribution in [0.5, 0.6) is 0 Å². The zero-order chi connectivity index (χ0) is 16.4. The van der Waals surface area contributed by atoms with E-state index in [4.69, 9.17) is 4.52 Å².